The highest BCUT2D eigenvalue weighted by molar-refractivity contribution is 5.91. The second-order valence-electron chi connectivity index (χ2n) is 7.21. The van der Waals surface area contributed by atoms with Gasteiger partial charge < -0.3 is 4.74 Å². The summed E-state index contributed by atoms with van der Waals surface area (Å²) >= 11 is 0. The van der Waals surface area contributed by atoms with Gasteiger partial charge in [0.2, 0.25) is 0 Å². The zero-order valence-corrected chi connectivity index (χ0v) is 13.3. The van der Waals surface area contributed by atoms with Crippen LogP contribution in [0.4, 0.5) is 0 Å². The topological polar surface area (TPSA) is 43.4 Å². The van der Waals surface area contributed by atoms with Gasteiger partial charge in [-0.3, -0.25) is 9.59 Å². The van der Waals surface area contributed by atoms with Crippen molar-refractivity contribution < 1.29 is 14.3 Å². The van der Waals surface area contributed by atoms with Crippen molar-refractivity contribution in [1.82, 2.24) is 0 Å². The van der Waals surface area contributed by atoms with Gasteiger partial charge in [0.1, 0.15) is 0 Å². The van der Waals surface area contributed by atoms with E-state index in [4.69, 9.17) is 4.74 Å². The first-order valence-electron chi connectivity index (χ1n) is 7.10. The fourth-order valence-electron chi connectivity index (χ4n) is 2.53. The molecule has 0 aromatic rings. The van der Waals surface area contributed by atoms with Crippen molar-refractivity contribution in [2.24, 2.45) is 10.8 Å². The molecule has 0 fully saturated rings. The zero-order chi connectivity index (χ0) is 15.4. The van der Waals surface area contributed by atoms with Crippen LogP contribution in [0.5, 0.6) is 0 Å². The van der Waals surface area contributed by atoms with Crippen molar-refractivity contribution in [1.29, 1.82) is 0 Å². The van der Waals surface area contributed by atoms with Gasteiger partial charge in [-0.1, -0.05) is 33.8 Å². The van der Waals surface area contributed by atoms with Crippen LogP contribution >= 0.6 is 0 Å². The van der Waals surface area contributed by atoms with E-state index < -0.39 is 0 Å². The molecule has 3 nitrogen and oxygen atoms in total. The van der Waals surface area contributed by atoms with E-state index in [1.807, 2.05) is 6.08 Å². The summed E-state index contributed by atoms with van der Waals surface area (Å²) in [7, 11) is 1.61. The second kappa shape index (κ2) is 6.38. The standard InChI is InChI=1S/C9H14O2.C8H12O/c1-9(2)5-7(10)4-8(6-9)11-3;1-8(2)5-3-4-7(9)6-8/h4H,5-6H2,1-3H3;3-4H,5-6H2,1-2H3. The number of ketones is 2. The predicted octanol–water partition coefficient (Wildman–Crippen LogP) is 3.84. The maximum Gasteiger partial charge on any atom is 0.159 e. The van der Waals surface area contributed by atoms with Crippen LogP contribution in [0.2, 0.25) is 0 Å². The summed E-state index contributed by atoms with van der Waals surface area (Å²) in [5, 5.41) is 0. The average Bonchev–Trinajstić information content (AvgIpc) is 2.25. The summed E-state index contributed by atoms with van der Waals surface area (Å²) in [6.45, 7) is 8.40. The monoisotopic (exact) mass is 278 g/mol. The van der Waals surface area contributed by atoms with Gasteiger partial charge in [0.05, 0.1) is 12.9 Å². The van der Waals surface area contributed by atoms with Crippen LogP contribution in [-0.2, 0) is 14.3 Å². The molecule has 0 N–H and O–H groups in total. The third kappa shape index (κ3) is 5.72. The Morgan fingerprint density at radius 2 is 1.55 bits per heavy atom. The van der Waals surface area contributed by atoms with Crippen LogP contribution in [0.1, 0.15) is 53.4 Å². The molecule has 0 aromatic carbocycles. The Hall–Kier alpha value is -1.38. The number of hydrogen-bond acceptors (Lipinski definition) is 3. The number of allylic oxidation sites excluding steroid dienone is 4. The van der Waals surface area contributed by atoms with E-state index in [2.05, 4.69) is 27.7 Å². The van der Waals surface area contributed by atoms with E-state index >= 15 is 0 Å². The third-order valence-electron chi connectivity index (χ3n) is 3.52. The molecule has 2 aliphatic carbocycles. The van der Waals surface area contributed by atoms with E-state index in [1.54, 1.807) is 19.3 Å². The first-order chi connectivity index (χ1) is 9.13. The number of carbonyl (C=O) groups excluding carboxylic acids is 2. The molecule has 0 bridgehead atoms. The molecule has 0 saturated carbocycles. The highest BCUT2D eigenvalue weighted by atomic mass is 16.5. The third-order valence-corrected chi connectivity index (χ3v) is 3.52. The molecule has 0 spiro atoms. The van der Waals surface area contributed by atoms with Gasteiger partial charge in [0.15, 0.2) is 11.6 Å². The first kappa shape index (κ1) is 16.7. The summed E-state index contributed by atoms with van der Waals surface area (Å²) in [5.41, 5.74) is 0.295. The maximum atomic E-state index is 11.1. The Bertz CT molecular complexity index is 439. The van der Waals surface area contributed by atoms with Crippen molar-refractivity contribution in [3.05, 3.63) is 24.0 Å². The van der Waals surface area contributed by atoms with Gasteiger partial charge in [-0.25, -0.2) is 0 Å². The van der Waals surface area contributed by atoms with Crippen LogP contribution < -0.4 is 0 Å². The van der Waals surface area contributed by atoms with Crippen molar-refractivity contribution in [3.63, 3.8) is 0 Å². The quantitative estimate of drug-likeness (QED) is 0.732. The summed E-state index contributed by atoms with van der Waals surface area (Å²) in [5.74, 6) is 1.26. The van der Waals surface area contributed by atoms with Crippen molar-refractivity contribution in [2.45, 2.75) is 53.4 Å². The Balaban J connectivity index is 0.000000204. The molecule has 0 aromatic heterocycles. The van der Waals surface area contributed by atoms with Crippen LogP contribution in [0, 0.1) is 10.8 Å². The van der Waals surface area contributed by atoms with Crippen LogP contribution in [0.25, 0.3) is 0 Å². The lowest BCUT2D eigenvalue weighted by Crippen LogP contribution is -2.22. The molecule has 0 amide bonds. The fourth-order valence-corrected chi connectivity index (χ4v) is 2.53. The molecule has 0 atom stereocenters. The molecular weight excluding hydrogens is 252 g/mol. The average molecular weight is 278 g/mol. The maximum absolute atomic E-state index is 11.1. The van der Waals surface area contributed by atoms with Crippen LogP contribution in [-0.4, -0.2) is 18.7 Å². The first-order valence-corrected chi connectivity index (χ1v) is 7.10. The largest absolute Gasteiger partial charge is 0.501 e. The molecule has 2 aliphatic rings. The summed E-state index contributed by atoms with van der Waals surface area (Å²) in [6, 6.07) is 0. The van der Waals surface area contributed by atoms with Gasteiger partial charge in [-0.15, -0.1) is 0 Å². The normalized spacial score (nSPS) is 23.6. The van der Waals surface area contributed by atoms with Gasteiger partial charge in [0.25, 0.3) is 0 Å². The molecule has 0 saturated heterocycles. The molecule has 0 aliphatic heterocycles. The van der Waals surface area contributed by atoms with Gasteiger partial charge in [-0.05, 0) is 23.3 Å². The lowest BCUT2D eigenvalue weighted by atomic mass is 9.79. The molecule has 0 unspecified atom stereocenters. The number of carbonyl (C=O) groups is 2. The minimum Gasteiger partial charge on any atom is -0.501 e. The van der Waals surface area contributed by atoms with E-state index in [9.17, 15) is 9.59 Å². The Morgan fingerprint density at radius 1 is 0.950 bits per heavy atom. The SMILES string of the molecule is CC1(C)CC=CC(=O)C1.COC1=CC(=O)CC(C)(C)C1. The summed E-state index contributed by atoms with van der Waals surface area (Å²) in [6.07, 6.45) is 8.51. The highest BCUT2D eigenvalue weighted by Gasteiger charge is 2.27. The van der Waals surface area contributed by atoms with Crippen molar-refractivity contribution >= 4 is 11.6 Å². The lowest BCUT2D eigenvalue weighted by Gasteiger charge is -2.27. The molecule has 2 rings (SSSR count). The van der Waals surface area contributed by atoms with Gasteiger partial charge in [-0.2, -0.15) is 0 Å². The molecule has 0 heterocycles. The van der Waals surface area contributed by atoms with E-state index in [0.717, 1.165) is 18.6 Å². The second-order valence-corrected chi connectivity index (χ2v) is 7.21. The summed E-state index contributed by atoms with van der Waals surface area (Å²) < 4.78 is 5.04. The van der Waals surface area contributed by atoms with Crippen molar-refractivity contribution in [3.8, 4) is 0 Å². The van der Waals surface area contributed by atoms with Gasteiger partial charge in [0, 0.05) is 25.3 Å². The molecule has 20 heavy (non-hydrogen) atoms. The number of rotatable bonds is 1. The van der Waals surface area contributed by atoms with Crippen LogP contribution in [0.15, 0.2) is 24.0 Å². The number of hydrogen-bond donors (Lipinski definition) is 0. The number of ether oxygens (including phenoxy) is 1. The van der Waals surface area contributed by atoms with E-state index in [0.29, 0.717) is 12.8 Å². The molecule has 112 valence electrons. The van der Waals surface area contributed by atoms with E-state index in [1.165, 1.54) is 0 Å². The Kier molecular flexibility index (Phi) is 5.32. The van der Waals surface area contributed by atoms with Crippen molar-refractivity contribution in [2.75, 3.05) is 7.11 Å². The Morgan fingerprint density at radius 3 is 1.95 bits per heavy atom. The minimum absolute atomic E-state index is 0.0805. The molecular formula is C17H26O3. The van der Waals surface area contributed by atoms with Gasteiger partial charge >= 0.3 is 0 Å². The molecule has 0 radical (unpaired) electrons. The fraction of sp³-hybridized carbons (Fsp3) is 0.647. The predicted molar refractivity (Wildman–Crippen MR) is 80.3 cm³/mol. The van der Waals surface area contributed by atoms with E-state index in [-0.39, 0.29) is 22.4 Å². The zero-order valence-electron chi connectivity index (χ0n) is 13.3. The highest BCUT2D eigenvalue weighted by Crippen LogP contribution is 2.33. The lowest BCUT2D eigenvalue weighted by molar-refractivity contribution is -0.118. The van der Waals surface area contributed by atoms with Crippen LogP contribution in [0.3, 0.4) is 0 Å². The Labute approximate surface area is 122 Å². The number of methoxy groups -OCH3 is 1. The smallest absolute Gasteiger partial charge is 0.159 e. The molecule has 3 heteroatoms. The summed E-state index contributed by atoms with van der Waals surface area (Å²) in [4.78, 5) is 21.9. The minimum atomic E-state index is 0.0805.